The summed E-state index contributed by atoms with van der Waals surface area (Å²) < 4.78 is 0. The van der Waals surface area contributed by atoms with E-state index in [2.05, 4.69) is 17.2 Å². The smallest absolute Gasteiger partial charge is 0.224 e. The Kier molecular flexibility index (Phi) is 5.94. The Morgan fingerprint density at radius 3 is 2.86 bits per heavy atom. The van der Waals surface area contributed by atoms with E-state index in [-0.39, 0.29) is 17.7 Å². The molecule has 1 atom stereocenters. The lowest BCUT2D eigenvalue weighted by molar-refractivity contribution is -0.138. The van der Waals surface area contributed by atoms with Gasteiger partial charge in [-0.3, -0.25) is 9.59 Å². The van der Waals surface area contributed by atoms with Crippen molar-refractivity contribution in [1.82, 2.24) is 15.2 Å². The number of hydrogen-bond acceptors (Lipinski definition) is 4. The molecule has 0 radical (unpaired) electrons. The summed E-state index contributed by atoms with van der Waals surface area (Å²) >= 11 is 1.74. The number of amides is 2. The van der Waals surface area contributed by atoms with Gasteiger partial charge in [0, 0.05) is 37.4 Å². The van der Waals surface area contributed by atoms with Crippen LogP contribution in [0.1, 0.15) is 41.8 Å². The average molecular weight is 323 g/mol. The zero-order valence-corrected chi connectivity index (χ0v) is 14.5. The second-order valence-electron chi connectivity index (χ2n) is 5.81. The van der Waals surface area contributed by atoms with E-state index in [0.29, 0.717) is 32.5 Å². The molecule has 2 amide bonds. The van der Waals surface area contributed by atoms with Crippen LogP contribution in [0.25, 0.3) is 0 Å². The van der Waals surface area contributed by atoms with Crippen LogP contribution in [0.2, 0.25) is 0 Å². The summed E-state index contributed by atoms with van der Waals surface area (Å²) in [4.78, 5) is 31.4. The van der Waals surface area contributed by atoms with Gasteiger partial charge in [0.1, 0.15) is 0 Å². The molecule has 122 valence electrons. The Morgan fingerprint density at radius 2 is 2.23 bits per heavy atom. The monoisotopic (exact) mass is 323 g/mol. The maximum atomic E-state index is 12.2. The van der Waals surface area contributed by atoms with Gasteiger partial charge in [0.15, 0.2) is 0 Å². The van der Waals surface area contributed by atoms with Gasteiger partial charge in [-0.1, -0.05) is 0 Å². The summed E-state index contributed by atoms with van der Waals surface area (Å²) in [5.41, 5.74) is 1.11. The topological polar surface area (TPSA) is 62.3 Å². The van der Waals surface area contributed by atoms with Gasteiger partial charge in [0.25, 0.3) is 0 Å². The molecule has 2 heterocycles. The highest BCUT2D eigenvalue weighted by atomic mass is 32.1. The predicted molar refractivity (Wildman–Crippen MR) is 87.9 cm³/mol. The van der Waals surface area contributed by atoms with Crippen molar-refractivity contribution >= 4 is 23.2 Å². The molecule has 1 aliphatic rings. The zero-order valence-electron chi connectivity index (χ0n) is 13.6. The summed E-state index contributed by atoms with van der Waals surface area (Å²) in [5, 5.41) is 4.15. The van der Waals surface area contributed by atoms with Gasteiger partial charge in [0.2, 0.25) is 11.8 Å². The molecule has 1 aromatic rings. The zero-order chi connectivity index (χ0) is 16.1. The molecular weight excluding hydrogens is 298 g/mol. The minimum atomic E-state index is -0.0537. The number of piperidine rings is 1. The Morgan fingerprint density at radius 1 is 1.45 bits per heavy atom. The number of carbonyl (C=O) groups is 2. The molecular formula is C16H25N3O2S. The number of nitrogens with zero attached hydrogens (tertiary/aromatic N) is 2. The van der Waals surface area contributed by atoms with Crippen LogP contribution in [0.4, 0.5) is 0 Å². The highest BCUT2D eigenvalue weighted by Gasteiger charge is 2.28. The quantitative estimate of drug-likeness (QED) is 0.815. The number of rotatable bonds is 6. The first-order valence-electron chi connectivity index (χ1n) is 7.99. The van der Waals surface area contributed by atoms with Gasteiger partial charge in [-0.05, 0) is 33.6 Å². The van der Waals surface area contributed by atoms with E-state index < -0.39 is 0 Å². The first kappa shape index (κ1) is 16.9. The number of aromatic nitrogens is 1. The van der Waals surface area contributed by atoms with Crippen molar-refractivity contribution in [2.45, 2.75) is 46.5 Å². The molecule has 1 saturated heterocycles. The number of hydrogen-bond donors (Lipinski definition) is 1. The fraction of sp³-hybridized carbons (Fsp3) is 0.688. The number of aryl methyl sites for hydroxylation is 3. The molecule has 0 aromatic carbocycles. The third kappa shape index (κ3) is 4.29. The highest BCUT2D eigenvalue weighted by Crippen LogP contribution is 2.18. The van der Waals surface area contributed by atoms with Crippen molar-refractivity contribution in [2.75, 3.05) is 19.6 Å². The van der Waals surface area contributed by atoms with E-state index in [1.165, 1.54) is 4.88 Å². The van der Waals surface area contributed by atoms with Crippen molar-refractivity contribution in [3.05, 3.63) is 15.6 Å². The summed E-state index contributed by atoms with van der Waals surface area (Å²) in [7, 11) is 0. The molecule has 5 nitrogen and oxygen atoms in total. The van der Waals surface area contributed by atoms with Gasteiger partial charge in [-0.2, -0.15) is 0 Å². The van der Waals surface area contributed by atoms with Gasteiger partial charge in [-0.15, -0.1) is 11.3 Å². The molecule has 1 fully saturated rings. The van der Waals surface area contributed by atoms with Crippen molar-refractivity contribution < 1.29 is 9.59 Å². The third-order valence-electron chi connectivity index (χ3n) is 4.19. The Balaban J connectivity index is 1.70. The average Bonchev–Trinajstić information content (AvgIpc) is 2.82. The molecule has 0 bridgehead atoms. The molecule has 2 rings (SSSR count). The van der Waals surface area contributed by atoms with E-state index in [1.54, 1.807) is 16.2 Å². The molecule has 0 aliphatic carbocycles. The summed E-state index contributed by atoms with van der Waals surface area (Å²) in [6.07, 6.45) is 2.97. The maximum absolute atomic E-state index is 12.2. The standard InChI is InChI=1S/C16H25N3O2S/c1-4-19-10-13(7-8-15(19)20)16(21)17-9-5-6-14-18-11(2)12(3)22-14/h13H,4-10H2,1-3H3,(H,17,21)/t13-/m0/s1. The van der Waals surface area contributed by atoms with Crippen molar-refractivity contribution in [3.8, 4) is 0 Å². The normalized spacial score (nSPS) is 18.6. The predicted octanol–water partition coefficient (Wildman–Crippen LogP) is 2.07. The first-order valence-corrected chi connectivity index (χ1v) is 8.81. The Hall–Kier alpha value is -1.43. The molecule has 22 heavy (non-hydrogen) atoms. The lowest BCUT2D eigenvalue weighted by atomic mass is 9.96. The fourth-order valence-corrected chi connectivity index (χ4v) is 3.65. The lowest BCUT2D eigenvalue weighted by Gasteiger charge is -2.31. The second kappa shape index (κ2) is 7.72. The van der Waals surface area contributed by atoms with Crippen molar-refractivity contribution in [2.24, 2.45) is 5.92 Å². The van der Waals surface area contributed by atoms with Crippen LogP contribution in [0.5, 0.6) is 0 Å². The number of likely N-dealkylation sites (tertiary alicyclic amines) is 1. The van der Waals surface area contributed by atoms with Gasteiger partial charge >= 0.3 is 0 Å². The van der Waals surface area contributed by atoms with E-state index in [0.717, 1.165) is 23.5 Å². The van der Waals surface area contributed by atoms with Crippen LogP contribution < -0.4 is 5.32 Å². The Labute approximate surface area is 136 Å². The Bertz CT molecular complexity index is 522. The van der Waals surface area contributed by atoms with Crippen LogP contribution in [0, 0.1) is 19.8 Å². The summed E-state index contributed by atoms with van der Waals surface area (Å²) in [6.45, 7) is 7.99. The van der Waals surface area contributed by atoms with Crippen molar-refractivity contribution in [1.29, 1.82) is 0 Å². The van der Waals surface area contributed by atoms with E-state index in [9.17, 15) is 9.59 Å². The first-order chi connectivity index (χ1) is 10.5. The van der Waals surface area contributed by atoms with Crippen LogP contribution >= 0.6 is 11.3 Å². The van der Waals surface area contributed by atoms with E-state index in [1.807, 2.05) is 13.8 Å². The van der Waals surface area contributed by atoms with Crippen molar-refractivity contribution in [3.63, 3.8) is 0 Å². The van der Waals surface area contributed by atoms with Crippen LogP contribution in [0.3, 0.4) is 0 Å². The molecule has 1 N–H and O–H groups in total. The minimum Gasteiger partial charge on any atom is -0.356 e. The minimum absolute atomic E-state index is 0.0537. The second-order valence-corrected chi connectivity index (χ2v) is 7.10. The van der Waals surface area contributed by atoms with Crippen LogP contribution in [0.15, 0.2) is 0 Å². The molecule has 6 heteroatoms. The lowest BCUT2D eigenvalue weighted by Crippen LogP contribution is -2.45. The van der Waals surface area contributed by atoms with Gasteiger partial charge in [0.05, 0.1) is 16.6 Å². The molecule has 0 saturated carbocycles. The SMILES string of the molecule is CCN1C[C@@H](C(=O)NCCCc2nc(C)c(C)s2)CCC1=O. The molecule has 0 unspecified atom stereocenters. The molecule has 1 aliphatic heterocycles. The number of thiazole rings is 1. The largest absolute Gasteiger partial charge is 0.356 e. The van der Waals surface area contributed by atoms with Gasteiger partial charge < -0.3 is 10.2 Å². The van der Waals surface area contributed by atoms with E-state index in [4.69, 9.17) is 0 Å². The van der Waals surface area contributed by atoms with Crippen LogP contribution in [-0.4, -0.2) is 41.3 Å². The molecule has 0 spiro atoms. The third-order valence-corrected chi connectivity index (χ3v) is 5.32. The highest BCUT2D eigenvalue weighted by molar-refractivity contribution is 7.11. The fourth-order valence-electron chi connectivity index (χ4n) is 2.68. The van der Waals surface area contributed by atoms with Crippen LogP contribution in [-0.2, 0) is 16.0 Å². The summed E-state index contributed by atoms with van der Waals surface area (Å²) in [5.74, 6) is 0.195. The molecule has 1 aromatic heterocycles. The van der Waals surface area contributed by atoms with Gasteiger partial charge in [-0.25, -0.2) is 4.98 Å². The maximum Gasteiger partial charge on any atom is 0.224 e. The van der Waals surface area contributed by atoms with E-state index >= 15 is 0 Å². The summed E-state index contributed by atoms with van der Waals surface area (Å²) in [6, 6.07) is 0. The number of nitrogens with one attached hydrogen (secondary N) is 1. The number of carbonyl (C=O) groups excluding carboxylic acids is 2.